The van der Waals surface area contributed by atoms with Gasteiger partial charge < -0.3 is 9.73 Å². The van der Waals surface area contributed by atoms with Gasteiger partial charge >= 0.3 is 0 Å². The zero-order valence-corrected chi connectivity index (χ0v) is 12.2. The second kappa shape index (κ2) is 3.91. The topological polar surface area (TPSA) is 68.0 Å². The zero-order chi connectivity index (χ0) is 12.9. The van der Waals surface area contributed by atoms with Crippen molar-refractivity contribution in [1.82, 2.24) is 9.97 Å². The van der Waals surface area contributed by atoms with Crippen molar-refractivity contribution in [2.75, 3.05) is 5.32 Å². The average molecular weight is 357 g/mol. The lowest BCUT2D eigenvalue weighted by atomic mass is 10.2. The fraction of sp³-hybridized carbons (Fsp3) is 0.417. The van der Waals surface area contributed by atoms with Crippen LogP contribution in [0.3, 0.4) is 0 Å². The Balaban J connectivity index is 2.21. The minimum absolute atomic E-state index is 0.0531. The number of nitrogens with zero attached hydrogens (tertiary/aromatic N) is 2. The molecular formula is C12H12IN3O2. The Bertz CT molecular complexity index is 646. The summed E-state index contributed by atoms with van der Waals surface area (Å²) in [4.78, 5) is 20.1. The number of carbonyl (C=O) groups excluding carboxylic acids is 1. The lowest BCUT2D eigenvalue weighted by Crippen LogP contribution is -2.17. The Hall–Kier alpha value is -1.18. The highest BCUT2D eigenvalue weighted by molar-refractivity contribution is 14.1. The molecule has 94 valence electrons. The molecule has 18 heavy (non-hydrogen) atoms. The van der Waals surface area contributed by atoms with Crippen LogP contribution in [-0.4, -0.2) is 19.3 Å². The zero-order valence-electron chi connectivity index (χ0n) is 10.1. The Kier molecular flexibility index (Phi) is 2.58. The second-order valence-corrected chi connectivity index (χ2v) is 5.87. The van der Waals surface area contributed by atoms with E-state index in [4.69, 9.17) is 4.42 Å². The molecular weight excluding hydrogens is 345 g/mol. The number of aryl methyl sites for hydroxylation is 1. The van der Waals surface area contributed by atoms with Crippen molar-refractivity contribution in [3.63, 3.8) is 0 Å². The fourth-order valence-electron chi connectivity index (χ4n) is 1.97. The molecule has 0 amide bonds. The van der Waals surface area contributed by atoms with Gasteiger partial charge in [0.1, 0.15) is 17.9 Å². The molecule has 1 fully saturated rings. The van der Waals surface area contributed by atoms with E-state index in [1.165, 1.54) is 6.33 Å². The molecule has 2 aromatic heterocycles. The number of carbonyl (C=O) groups is 1. The van der Waals surface area contributed by atoms with Crippen LogP contribution < -0.4 is 5.32 Å². The van der Waals surface area contributed by atoms with Gasteiger partial charge in [0.15, 0.2) is 0 Å². The Morgan fingerprint density at radius 3 is 2.83 bits per heavy atom. The Morgan fingerprint density at radius 2 is 2.22 bits per heavy atom. The quantitative estimate of drug-likeness (QED) is 0.676. The number of halogens is 1. The van der Waals surface area contributed by atoms with Gasteiger partial charge in [0.25, 0.3) is 0 Å². The first-order chi connectivity index (χ1) is 8.50. The van der Waals surface area contributed by atoms with E-state index < -0.39 is 0 Å². The number of hydrogen-bond acceptors (Lipinski definition) is 5. The number of nitrogens with one attached hydrogen (secondary N) is 1. The van der Waals surface area contributed by atoms with Gasteiger partial charge in [-0.1, -0.05) is 0 Å². The van der Waals surface area contributed by atoms with Crippen molar-refractivity contribution in [2.45, 2.75) is 32.2 Å². The number of rotatable bonds is 3. The summed E-state index contributed by atoms with van der Waals surface area (Å²) in [6, 6.07) is 0. The molecule has 2 heterocycles. The monoisotopic (exact) mass is 357 g/mol. The van der Waals surface area contributed by atoms with Gasteiger partial charge in [-0.25, -0.2) is 9.97 Å². The minimum Gasteiger partial charge on any atom is -0.442 e. The van der Waals surface area contributed by atoms with Crippen LogP contribution in [0.15, 0.2) is 10.7 Å². The molecule has 1 aliphatic rings. The largest absolute Gasteiger partial charge is 0.442 e. The maximum Gasteiger partial charge on any atom is 0.232 e. The number of fused-ring (bicyclic) bond motifs is 1. The summed E-state index contributed by atoms with van der Waals surface area (Å²) >= 11 is 1.77. The van der Waals surface area contributed by atoms with Gasteiger partial charge in [-0.2, -0.15) is 0 Å². The van der Waals surface area contributed by atoms with Crippen molar-refractivity contribution >= 4 is 43.3 Å². The fourth-order valence-corrected chi connectivity index (χ4v) is 2.62. The lowest BCUT2D eigenvalue weighted by molar-refractivity contribution is 0.110. The van der Waals surface area contributed by atoms with Gasteiger partial charge in [0.05, 0.1) is 10.9 Å². The van der Waals surface area contributed by atoms with Gasteiger partial charge in [0.2, 0.25) is 9.50 Å². The molecule has 0 atom stereocenters. The molecule has 5 nitrogen and oxygen atoms in total. The molecule has 6 heteroatoms. The third-order valence-electron chi connectivity index (χ3n) is 3.28. The van der Waals surface area contributed by atoms with Crippen LogP contribution in [-0.2, 0) is 0 Å². The van der Waals surface area contributed by atoms with E-state index in [-0.39, 0.29) is 9.33 Å². The Morgan fingerprint density at radius 1 is 1.50 bits per heavy atom. The van der Waals surface area contributed by atoms with E-state index in [9.17, 15) is 4.79 Å². The van der Waals surface area contributed by atoms with Crippen LogP contribution in [0.4, 0.5) is 5.82 Å². The third kappa shape index (κ3) is 1.88. The molecule has 0 spiro atoms. The van der Waals surface area contributed by atoms with Crippen molar-refractivity contribution in [1.29, 1.82) is 0 Å². The van der Waals surface area contributed by atoms with Crippen LogP contribution in [0, 0.1) is 6.92 Å². The molecule has 1 N–H and O–H groups in total. The highest BCUT2D eigenvalue weighted by Crippen LogP contribution is 2.40. The minimum atomic E-state index is -0.0531. The van der Waals surface area contributed by atoms with Crippen LogP contribution in [0.1, 0.15) is 35.9 Å². The number of hydrogen-bond donors (Lipinski definition) is 1. The summed E-state index contributed by atoms with van der Waals surface area (Å²) in [7, 11) is 0. The number of anilines is 1. The molecule has 1 saturated carbocycles. The number of furan rings is 1. The normalized spacial score (nSPS) is 16.8. The predicted molar refractivity (Wildman–Crippen MR) is 76.2 cm³/mol. The molecule has 2 aromatic rings. The van der Waals surface area contributed by atoms with Crippen molar-refractivity contribution in [2.24, 2.45) is 0 Å². The summed E-state index contributed by atoms with van der Waals surface area (Å²) in [6.45, 7) is 3.91. The first-order valence-electron chi connectivity index (χ1n) is 5.72. The summed E-state index contributed by atoms with van der Waals surface area (Å²) in [6.07, 6.45) is 3.69. The molecule has 3 rings (SSSR count). The lowest BCUT2D eigenvalue weighted by Gasteiger charge is -2.12. The van der Waals surface area contributed by atoms with Gasteiger partial charge in [-0.05, 0) is 26.7 Å². The van der Waals surface area contributed by atoms with Crippen LogP contribution in [0.5, 0.6) is 0 Å². The highest BCUT2D eigenvalue weighted by atomic mass is 127. The first-order valence-corrected chi connectivity index (χ1v) is 6.80. The van der Waals surface area contributed by atoms with Crippen molar-refractivity contribution in [3.05, 3.63) is 17.7 Å². The maximum absolute atomic E-state index is 11.7. The van der Waals surface area contributed by atoms with Gasteiger partial charge in [-0.15, -0.1) is 0 Å². The van der Waals surface area contributed by atoms with Gasteiger partial charge in [0, 0.05) is 28.1 Å². The average Bonchev–Trinajstić information content (AvgIpc) is 2.89. The third-order valence-corrected chi connectivity index (χ3v) is 3.82. The molecule has 0 radical (unpaired) electrons. The highest BCUT2D eigenvalue weighted by Gasteiger charge is 2.38. The van der Waals surface area contributed by atoms with Gasteiger partial charge in [-0.3, -0.25) is 4.79 Å². The molecule has 0 saturated heterocycles. The smallest absolute Gasteiger partial charge is 0.232 e. The van der Waals surface area contributed by atoms with Crippen LogP contribution in [0.2, 0.25) is 0 Å². The first kappa shape index (κ1) is 11.9. The van der Waals surface area contributed by atoms with E-state index in [0.717, 1.165) is 12.8 Å². The summed E-state index contributed by atoms with van der Waals surface area (Å²) in [5.41, 5.74) is 1.13. The summed E-state index contributed by atoms with van der Waals surface area (Å²) in [5, 5.41) is 4.07. The maximum atomic E-state index is 11.7. The molecule has 0 aromatic carbocycles. The summed E-state index contributed by atoms with van der Waals surface area (Å²) in [5.74, 6) is 1.28. The van der Waals surface area contributed by atoms with Crippen LogP contribution in [0.25, 0.3) is 11.1 Å². The standard InChI is InChI=1S/C12H12IN3O2/c1-6-7(9(13)17)8-10(16-12(2)3-4-12)14-5-15-11(8)18-6/h5H,3-4H2,1-2H3,(H,14,15,16). The summed E-state index contributed by atoms with van der Waals surface area (Å²) < 4.78 is 5.47. The SMILES string of the molecule is Cc1oc2ncnc(NC3(C)CC3)c2c1C(=O)I. The van der Waals surface area contributed by atoms with Crippen molar-refractivity contribution in [3.8, 4) is 0 Å². The molecule has 0 aliphatic heterocycles. The van der Waals surface area contributed by atoms with Crippen molar-refractivity contribution < 1.29 is 9.21 Å². The molecule has 0 unspecified atom stereocenters. The number of aromatic nitrogens is 2. The van der Waals surface area contributed by atoms with E-state index in [1.807, 2.05) is 0 Å². The van der Waals surface area contributed by atoms with E-state index in [0.29, 0.717) is 28.2 Å². The van der Waals surface area contributed by atoms with E-state index in [2.05, 4.69) is 22.2 Å². The van der Waals surface area contributed by atoms with Crippen LogP contribution >= 0.6 is 22.6 Å². The Labute approximate surface area is 118 Å². The van der Waals surface area contributed by atoms with E-state index >= 15 is 0 Å². The second-order valence-electron chi connectivity index (χ2n) is 4.90. The predicted octanol–water partition coefficient (Wildman–Crippen LogP) is 3.07. The molecule has 0 bridgehead atoms. The molecule has 1 aliphatic carbocycles. The van der Waals surface area contributed by atoms with E-state index in [1.54, 1.807) is 29.5 Å².